The van der Waals surface area contributed by atoms with Crippen molar-refractivity contribution in [1.29, 1.82) is 0 Å². The number of aliphatic hydroxyl groups excluding tert-OH is 4. The summed E-state index contributed by atoms with van der Waals surface area (Å²) in [6, 6.07) is 0. The average molecular weight is 709 g/mol. The van der Waals surface area contributed by atoms with Gasteiger partial charge in [-0.2, -0.15) is 0 Å². The summed E-state index contributed by atoms with van der Waals surface area (Å²) in [7, 11) is 0. The van der Waals surface area contributed by atoms with E-state index in [2.05, 4.69) is 62.5 Å². The lowest BCUT2D eigenvalue weighted by Gasteiger charge is -2.12. The second-order valence-corrected chi connectivity index (χ2v) is 13.0. The largest absolute Gasteiger partial charge is 0.463 e. The number of esters is 2. The molecule has 0 aromatic carbocycles. The Labute approximate surface area is 306 Å². The van der Waals surface area contributed by atoms with Gasteiger partial charge < -0.3 is 29.9 Å². The van der Waals surface area contributed by atoms with Crippen molar-refractivity contribution in [3.05, 3.63) is 48.6 Å². The number of carbonyl (C=O) groups excluding carboxylic acids is 2. The van der Waals surface area contributed by atoms with Crippen molar-refractivity contribution < 1.29 is 39.5 Å². The molecule has 0 spiro atoms. The molecule has 8 nitrogen and oxygen atoms in total. The summed E-state index contributed by atoms with van der Waals surface area (Å²) in [4.78, 5) is 22.8. The maximum atomic E-state index is 11.4. The van der Waals surface area contributed by atoms with Gasteiger partial charge in [0.15, 0.2) is 0 Å². The van der Waals surface area contributed by atoms with Crippen LogP contribution in [0.1, 0.15) is 168 Å². The van der Waals surface area contributed by atoms with E-state index in [4.69, 9.17) is 29.9 Å². The molecular formula is C42H76O8. The predicted molar refractivity (Wildman–Crippen MR) is 207 cm³/mol. The number of carbonyl (C=O) groups is 2. The van der Waals surface area contributed by atoms with Crippen molar-refractivity contribution >= 4 is 11.9 Å². The first-order valence-corrected chi connectivity index (χ1v) is 19.9. The monoisotopic (exact) mass is 709 g/mol. The van der Waals surface area contributed by atoms with Gasteiger partial charge in [0.2, 0.25) is 0 Å². The molecule has 0 bridgehead atoms. The number of unbranched alkanes of at least 4 members (excludes halogenated alkanes) is 16. The van der Waals surface area contributed by atoms with Crippen LogP contribution in [0.15, 0.2) is 48.6 Å². The third-order valence-electron chi connectivity index (χ3n) is 8.02. The van der Waals surface area contributed by atoms with Gasteiger partial charge >= 0.3 is 11.9 Å². The molecule has 1 atom stereocenters. The average Bonchev–Trinajstić information content (AvgIpc) is 3.13. The van der Waals surface area contributed by atoms with Crippen LogP contribution in [0.4, 0.5) is 0 Å². The Morgan fingerprint density at radius 2 is 0.880 bits per heavy atom. The number of allylic oxidation sites excluding steroid dienone is 8. The maximum Gasteiger partial charge on any atom is 0.306 e. The molecule has 0 fully saturated rings. The van der Waals surface area contributed by atoms with Crippen LogP contribution in [-0.2, 0) is 19.1 Å². The highest BCUT2D eigenvalue weighted by molar-refractivity contribution is 5.69. The summed E-state index contributed by atoms with van der Waals surface area (Å²) in [5.41, 5.74) is 0. The van der Waals surface area contributed by atoms with E-state index in [0.717, 1.165) is 64.2 Å². The molecule has 0 saturated heterocycles. The molecule has 4 N–H and O–H groups in total. The third kappa shape index (κ3) is 41.9. The Kier molecular flexibility index (Phi) is 42.8. The number of hydrogen-bond donors (Lipinski definition) is 4. The van der Waals surface area contributed by atoms with Crippen LogP contribution >= 0.6 is 0 Å². The molecule has 50 heavy (non-hydrogen) atoms. The van der Waals surface area contributed by atoms with Gasteiger partial charge in [-0.25, -0.2) is 0 Å². The maximum absolute atomic E-state index is 11.4. The summed E-state index contributed by atoms with van der Waals surface area (Å²) in [5.74, 6) is -0.628. The fourth-order valence-electron chi connectivity index (χ4n) is 4.85. The Hall–Kier alpha value is -2.26. The molecule has 0 radical (unpaired) electrons. The minimum absolute atomic E-state index is 0.115. The van der Waals surface area contributed by atoms with E-state index >= 15 is 0 Å². The van der Waals surface area contributed by atoms with Crippen LogP contribution in [0.5, 0.6) is 0 Å². The zero-order chi connectivity index (χ0) is 37.2. The number of hydrogen-bond acceptors (Lipinski definition) is 8. The first kappa shape index (κ1) is 49.9. The number of rotatable bonds is 34. The van der Waals surface area contributed by atoms with E-state index in [1.165, 1.54) is 77.0 Å². The summed E-state index contributed by atoms with van der Waals surface area (Å²) in [5, 5.41) is 35.4. The first-order chi connectivity index (χ1) is 24.4. The van der Waals surface area contributed by atoms with Crippen LogP contribution in [-0.4, -0.2) is 71.0 Å². The van der Waals surface area contributed by atoms with E-state index in [-0.39, 0.29) is 38.4 Å². The van der Waals surface area contributed by atoms with Crippen molar-refractivity contribution in [3.63, 3.8) is 0 Å². The van der Waals surface area contributed by atoms with Crippen molar-refractivity contribution in [2.75, 3.05) is 26.4 Å². The van der Waals surface area contributed by atoms with E-state index < -0.39 is 12.2 Å². The van der Waals surface area contributed by atoms with Crippen LogP contribution < -0.4 is 0 Å². The zero-order valence-electron chi connectivity index (χ0n) is 32.0. The summed E-state index contributed by atoms with van der Waals surface area (Å²) in [6.07, 6.45) is 42.4. The van der Waals surface area contributed by atoms with E-state index in [1.54, 1.807) is 0 Å². The molecule has 292 valence electrons. The summed E-state index contributed by atoms with van der Waals surface area (Å²) >= 11 is 0. The van der Waals surface area contributed by atoms with Crippen molar-refractivity contribution in [2.45, 2.75) is 180 Å². The molecule has 8 heteroatoms. The minimum atomic E-state index is -0.964. The molecule has 0 aliphatic rings. The first-order valence-electron chi connectivity index (χ1n) is 19.9. The molecule has 0 amide bonds. The quantitative estimate of drug-likeness (QED) is 0.0295. The Morgan fingerprint density at radius 1 is 0.500 bits per heavy atom. The second kappa shape index (κ2) is 42.9. The highest BCUT2D eigenvalue weighted by Gasteiger charge is 2.11. The normalized spacial score (nSPS) is 12.4. The van der Waals surface area contributed by atoms with Gasteiger partial charge in [0.25, 0.3) is 0 Å². The van der Waals surface area contributed by atoms with E-state index in [0.29, 0.717) is 12.8 Å². The molecule has 0 heterocycles. The van der Waals surface area contributed by atoms with Crippen molar-refractivity contribution in [2.24, 2.45) is 0 Å². The summed E-state index contributed by atoms with van der Waals surface area (Å²) < 4.78 is 9.76. The van der Waals surface area contributed by atoms with Gasteiger partial charge in [0, 0.05) is 12.8 Å². The highest BCUT2D eigenvalue weighted by Crippen LogP contribution is 2.10. The van der Waals surface area contributed by atoms with Crippen LogP contribution in [0, 0.1) is 0 Å². The zero-order valence-corrected chi connectivity index (χ0v) is 32.0. The molecule has 0 aromatic heterocycles. The summed E-state index contributed by atoms with van der Waals surface area (Å²) in [6.45, 7) is 3.31. The second-order valence-electron chi connectivity index (χ2n) is 13.0. The molecule has 0 aromatic rings. The topological polar surface area (TPSA) is 134 Å². The van der Waals surface area contributed by atoms with Crippen molar-refractivity contribution in [3.8, 4) is 0 Å². The van der Waals surface area contributed by atoms with Gasteiger partial charge in [-0.1, -0.05) is 127 Å². The Balaban J connectivity index is 0. The molecule has 0 aliphatic carbocycles. The molecular weight excluding hydrogens is 632 g/mol. The molecule has 0 saturated carbocycles. The Bertz CT molecular complexity index is 832. The van der Waals surface area contributed by atoms with Gasteiger partial charge in [-0.15, -0.1) is 0 Å². The fraction of sp³-hybridized carbons (Fsp3) is 0.762. The van der Waals surface area contributed by atoms with Crippen molar-refractivity contribution in [1.82, 2.24) is 0 Å². The Morgan fingerprint density at radius 3 is 1.28 bits per heavy atom. The van der Waals surface area contributed by atoms with Crippen LogP contribution in [0.2, 0.25) is 0 Å². The fourth-order valence-corrected chi connectivity index (χ4v) is 4.85. The van der Waals surface area contributed by atoms with Gasteiger partial charge in [0.05, 0.1) is 19.8 Å². The van der Waals surface area contributed by atoms with Gasteiger partial charge in [-0.3, -0.25) is 9.59 Å². The predicted octanol–water partition coefficient (Wildman–Crippen LogP) is 9.39. The van der Waals surface area contributed by atoms with Crippen LogP contribution in [0.3, 0.4) is 0 Å². The van der Waals surface area contributed by atoms with Crippen LogP contribution in [0.25, 0.3) is 0 Å². The highest BCUT2D eigenvalue weighted by atomic mass is 16.6. The third-order valence-corrected chi connectivity index (χ3v) is 8.02. The molecule has 0 rings (SSSR count). The smallest absolute Gasteiger partial charge is 0.306 e. The number of ether oxygens (including phenoxy) is 2. The van der Waals surface area contributed by atoms with E-state index in [1.807, 2.05) is 0 Å². The van der Waals surface area contributed by atoms with Gasteiger partial charge in [-0.05, 0) is 77.0 Å². The molecule has 0 aliphatic heterocycles. The lowest BCUT2D eigenvalue weighted by Crippen LogP contribution is -2.25. The lowest BCUT2D eigenvalue weighted by atomic mass is 10.1. The van der Waals surface area contributed by atoms with Gasteiger partial charge in [0.1, 0.15) is 18.8 Å². The molecule has 1 unspecified atom stereocenters. The standard InChI is InChI=1S/2C21H38O4/c1-2-3-4-5-6-7-8-9-10-11-12-13-14-15-16-17-21(24)25-19-20(23)18-22;1-2-3-4-5-6-7-8-9-10-11-12-13-14-15-16-17-21(24)25-20(18-22)19-23/h2*6-7,9-10,20,22-23H,2-5,8,11-19H2,1H3/b2*7-6+,10-9+. The number of aliphatic hydroxyl groups is 4. The minimum Gasteiger partial charge on any atom is -0.463 e. The van der Waals surface area contributed by atoms with E-state index in [9.17, 15) is 9.59 Å². The SMILES string of the molecule is CCCCC/C=C/C/C=C/CCCCCCCC(=O)OC(CO)CO.CCCCC/C=C/C/C=C/CCCCCCCC(=O)OCC(O)CO. The lowest BCUT2D eigenvalue weighted by molar-refractivity contribution is -0.153.